The number of rotatable bonds is 8. The van der Waals surface area contributed by atoms with Gasteiger partial charge in [-0.05, 0) is 52.9 Å². The molecule has 0 unspecified atom stereocenters. The van der Waals surface area contributed by atoms with Crippen molar-refractivity contribution in [2.24, 2.45) is 5.92 Å². The molecular formula is C21H35N3O6. The molecule has 3 N–H and O–H groups in total. The van der Waals surface area contributed by atoms with Gasteiger partial charge in [-0.1, -0.05) is 26.0 Å². The molecule has 3 amide bonds. The Morgan fingerprint density at radius 2 is 1.60 bits per heavy atom. The number of methoxy groups -OCH3 is 1. The van der Waals surface area contributed by atoms with Gasteiger partial charge in [0.25, 0.3) is 0 Å². The Morgan fingerprint density at radius 1 is 1.03 bits per heavy atom. The Labute approximate surface area is 178 Å². The van der Waals surface area contributed by atoms with E-state index in [1.807, 2.05) is 13.8 Å². The van der Waals surface area contributed by atoms with E-state index in [1.165, 1.54) is 14.0 Å². The van der Waals surface area contributed by atoms with Crippen LogP contribution in [0, 0.1) is 5.92 Å². The molecule has 2 atom stereocenters. The zero-order chi connectivity index (χ0) is 23.1. The van der Waals surface area contributed by atoms with Crippen molar-refractivity contribution in [1.29, 1.82) is 0 Å². The van der Waals surface area contributed by atoms with Crippen LogP contribution in [-0.2, 0) is 23.9 Å². The molecule has 0 aliphatic heterocycles. The molecule has 0 radical (unpaired) electrons. The molecule has 1 aliphatic carbocycles. The number of alkyl carbamates (subject to hydrolysis) is 1. The van der Waals surface area contributed by atoms with Crippen molar-refractivity contribution in [3.63, 3.8) is 0 Å². The normalized spacial score (nSPS) is 17.1. The van der Waals surface area contributed by atoms with Crippen LogP contribution in [0.25, 0.3) is 0 Å². The minimum Gasteiger partial charge on any atom is -0.467 e. The van der Waals surface area contributed by atoms with Gasteiger partial charge in [0, 0.05) is 0 Å². The molecule has 0 aromatic rings. The number of amides is 3. The predicted molar refractivity (Wildman–Crippen MR) is 111 cm³/mol. The van der Waals surface area contributed by atoms with E-state index in [1.54, 1.807) is 32.9 Å². The van der Waals surface area contributed by atoms with Crippen molar-refractivity contribution in [3.05, 3.63) is 12.2 Å². The largest absolute Gasteiger partial charge is 0.467 e. The van der Waals surface area contributed by atoms with Crippen LogP contribution in [0.1, 0.15) is 60.8 Å². The van der Waals surface area contributed by atoms with Gasteiger partial charge in [-0.2, -0.15) is 0 Å². The summed E-state index contributed by atoms with van der Waals surface area (Å²) in [5.74, 6) is -1.40. The molecule has 30 heavy (non-hydrogen) atoms. The molecular weight excluding hydrogens is 390 g/mol. The number of ether oxygens (including phenoxy) is 2. The van der Waals surface area contributed by atoms with Crippen LogP contribution in [0.2, 0.25) is 0 Å². The Balaban J connectivity index is 2.80. The topological polar surface area (TPSA) is 123 Å². The number of hydrogen-bond donors (Lipinski definition) is 3. The third kappa shape index (κ3) is 7.68. The van der Waals surface area contributed by atoms with Gasteiger partial charge < -0.3 is 25.4 Å². The van der Waals surface area contributed by atoms with E-state index in [0.29, 0.717) is 6.42 Å². The van der Waals surface area contributed by atoms with E-state index >= 15 is 0 Å². The lowest BCUT2D eigenvalue weighted by atomic mass is 9.95. The lowest BCUT2D eigenvalue weighted by Gasteiger charge is -2.31. The summed E-state index contributed by atoms with van der Waals surface area (Å²) < 4.78 is 10.0. The van der Waals surface area contributed by atoms with E-state index in [-0.39, 0.29) is 18.8 Å². The number of carbonyl (C=O) groups is 4. The quantitative estimate of drug-likeness (QED) is 0.403. The van der Waals surface area contributed by atoms with Crippen LogP contribution >= 0.6 is 0 Å². The first-order valence-corrected chi connectivity index (χ1v) is 10.1. The van der Waals surface area contributed by atoms with Crippen molar-refractivity contribution >= 4 is 23.9 Å². The zero-order valence-electron chi connectivity index (χ0n) is 19.0. The molecule has 0 saturated carbocycles. The SMILES string of the molecule is COC(=O)[C@H](CC(C)C)NC(=O)[C@H](C)NC(=O)C1(NC(=O)OC(C)(C)C)CC=CC1. The zero-order valence-corrected chi connectivity index (χ0v) is 19.0. The van der Waals surface area contributed by atoms with Crippen molar-refractivity contribution in [3.8, 4) is 0 Å². The van der Waals surface area contributed by atoms with Gasteiger partial charge in [-0.25, -0.2) is 9.59 Å². The van der Waals surface area contributed by atoms with Gasteiger partial charge in [0.2, 0.25) is 11.8 Å². The van der Waals surface area contributed by atoms with Crippen LogP contribution < -0.4 is 16.0 Å². The highest BCUT2D eigenvalue weighted by Crippen LogP contribution is 2.25. The summed E-state index contributed by atoms with van der Waals surface area (Å²) in [6, 6.07) is -1.72. The molecule has 0 aromatic carbocycles. The predicted octanol–water partition coefficient (Wildman–Crippen LogP) is 1.81. The number of hydrogen-bond acceptors (Lipinski definition) is 6. The van der Waals surface area contributed by atoms with E-state index in [4.69, 9.17) is 9.47 Å². The summed E-state index contributed by atoms with van der Waals surface area (Å²) in [7, 11) is 1.26. The molecule has 0 saturated heterocycles. The maximum absolute atomic E-state index is 12.9. The molecule has 9 heteroatoms. The highest BCUT2D eigenvalue weighted by molar-refractivity contribution is 5.95. The fourth-order valence-electron chi connectivity index (χ4n) is 3.02. The van der Waals surface area contributed by atoms with Gasteiger partial charge in [-0.15, -0.1) is 0 Å². The second kappa shape index (κ2) is 10.4. The summed E-state index contributed by atoms with van der Waals surface area (Å²) in [5, 5.41) is 7.90. The van der Waals surface area contributed by atoms with Crippen LogP contribution in [0.15, 0.2) is 12.2 Å². The fourth-order valence-corrected chi connectivity index (χ4v) is 3.02. The van der Waals surface area contributed by atoms with Crippen LogP contribution in [-0.4, -0.2) is 54.2 Å². The summed E-state index contributed by atoms with van der Waals surface area (Å²) in [5.41, 5.74) is -1.93. The van der Waals surface area contributed by atoms with Crippen molar-refractivity contribution in [2.45, 2.75) is 84.0 Å². The smallest absolute Gasteiger partial charge is 0.408 e. The van der Waals surface area contributed by atoms with E-state index in [9.17, 15) is 19.2 Å². The summed E-state index contributed by atoms with van der Waals surface area (Å²) >= 11 is 0. The molecule has 1 rings (SSSR count). The molecule has 170 valence electrons. The van der Waals surface area contributed by atoms with Crippen LogP contribution in [0.5, 0.6) is 0 Å². The Kier molecular flexibility index (Phi) is 8.87. The van der Waals surface area contributed by atoms with Crippen molar-refractivity contribution in [2.75, 3.05) is 7.11 Å². The molecule has 0 fully saturated rings. The first kappa shape index (κ1) is 25.5. The summed E-state index contributed by atoms with van der Waals surface area (Å²) in [4.78, 5) is 49.7. The van der Waals surface area contributed by atoms with Crippen LogP contribution in [0.4, 0.5) is 4.79 Å². The first-order chi connectivity index (χ1) is 13.8. The molecule has 9 nitrogen and oxygen atoms in total. The molecule has 0 aromatic heterocycles. The molecule has 0 bridgehead atoms. The minimum atomic E-state index is -1.23. The third-order valence-corrected chi connectivity index (χ3v) is 4.52. The summed E-state index contributed by atoms with van der Waals surface area (Å²) in [6.45, 7) is 10.5. The Bertz CT molecular complexity index is 673. The third-order valence-electron chi connectivity index (χ3n) is 4.52. The van der Waals surface area contributed by atoms with Crippen LogP contribution in [0.3, 0.4) is 0 Å². The maximum atomic E-state index is 12.9. The van der Waals surface area contributed by atoms with Gasteiger partial charge in [0.1, 0.15) is 23.2 Å². The van der Waals surface area contributed by atoms with Crippen molar-refractivity contribution < 1.29 is 28.7 Å². The number of nitrogens with one attached hydrogen (secondary N) is 3. The van der Waals surface area contributed by atoms with E-state index in [2.05, 4.69) is 16.0 Å². The number of esters is 1. The number of carbonyl (C=O) groups excluding carboxylic acids is 4. The Hall–Kier alpha value is -2.58. The highest BCUT2D eigenvalue weighted by Gasteiger charge is 2.42. The van der Waals surface area contributed by atoms with Crippen molar-refractivity contribution in [1.82, 2.24) is 16.0 Å². The van der Waals surface area contributed by atoms with E-state index < -0.39 is 47.1 Å². The maximum Gasteiger partial charge on any atom is 0.408 e. The standard InChI is InChI=1S/C21H35N3O6/c1-13(2)12-15(17(26)29-7)23-16(25)14(3)22-18(27)21(10-8-9-11-21)24-19(28)30-20(4,5)6/h8-9,13-15H,10-12H2,1-7H3,(H,22,27)(H,23,25)(H,24,28)/t14-,15-/m0/s1. The summed E-state index contributed by atoms with van der Waals surface area (Å²) in [6.07, 6.45) is 3.85. The molecule has 1 aliphatic rings. The average Bonchev–Trinajstić information content (AvgIpc) is 3.07. The fraction of sp³-hybridized carbons (Fsp3) is 0.714. The highest BCUT2D eigenvalue weighted by atomic mass is 16.6. The lowest BCUT2D eigenvalue weighted by molar-refractivity contribution is -0.145. The second-order valence-corrected chi connectivity index (χ2v) is 9.00. The van der Waals surface area contributed by atoms with Gasteiger partial charge in [0.15, 0.2) is 0 Å². The second-order valence-electron chi connectivity index (χ2n) is 9.00. The molecule has 0 heterocycles. The van der Waals surface area contributed by atoms with Gasteiger partial charge in [0.05, 0.1) is 7.11 Å². The minimum absolute atomic E-state index is 0.158. The Morgan fingerprint density at radius 3 is 2.07 bits per heavy atom. The monoisotopic (exact) mass is 425 g/mol. The lowest BCUT2D eigenvalue weighted by Crippen LogP contribution is -2.61. The van der Waals surface area contributed by atoms with Gasteiger partial charge >= 0.3 is 12.1 Å². The van der Waals surface area contributed by atoms with E-state index in [0.717, 1.165) is 0 Å². The molecule has 0 spiro atoms. The average molecular weight is 426 g/mol. The first-order valence-electron chi connectivity index (χ1n) is 10.1. The van der Waals surface area contributed by atoms with Gasteiger partial charge in [-0.3, -0.25) is 9.59 Å².